The minimum absolute atomic E-state index is 0.0831. The van der Waals surface area contributed by atoms with E-state index in [0.29, 0.717) is 5.69 Å². The third-order valence-corrected chi connectivity index (χ3v) is 3.43. The number of halogens is 1. The lowest BCUT2D eigenvalue weighted by Crippen LogP contribution is -2.39. The van der Waals surface area contributed by atoms with E-state index >= 15 is 0 Å². The normalized spacial score (nSPS) is 17.0. The molecule has 7 nitrogen and oxygen atoms in total. The maximum absolute atomic E-state index is 13.0. The van der Waals surface area contributed by atoms with Crippen molar-refractivity contribution in [2.45, 2.75) is 12.5 Å². The number of rotatable bonds is 4. The molecule has 3 rings (SSSR count). The van der Waals surface area contributed by atoms with Gasteiger partial charge in [0.2, 0.25) is 5.91 Å². The van der Waals surface area contributed by atoms with Crippen LogP contribution in [0.15, 0.2) is 53.9 Å². The first-order valence-electron chi connectivity index (χ1n) is 6.90. The molecule has 2 amide bonds. The number of amides is 2. The van der Waals surface area contributed by atoms with Gasteiger partial charge in [-0.25, -0.2) is 4.39 Å². The molecule has 0 fully saturated rings. The second kappa shape index (κ2) is 5.91. The van der Waals surface area contributed by atoms with Crippen LogP contribution in [0.2, 0.25) is 0 Å². The summed E-state index contributed by atoms with van der Waals surface area (Å²) in [6.45, 7) is 0. The van der Waals surface area contributed by atoms with Crippen molar-refractivity contribution >= 4 is 23.2 Å². The number of nitrogens with two attached hydrogens (primary N) is 1. The van der Waals surface area contributed by atoms with Gasteiger partial charge in [0, 0.05) is 18.8 Å². The zero-order valence-electron chi connectivity index (χ0n) is 12.0. The lowest BCUT2D eigenvalue weighted by molar-refractivity contribution is -0.119. The summed E-state index contributed by atoms with van der Waals surface area (Å²) in [5, 5.41) is 5.51. The van der Waals surface area contributed by atoms with Gasteiger partial charge < -0.3 is 5.73 Å². The molecule has 1 aromatic heterocycles. The van der Waals surface area contributed by atoms with Crippen LogP contribution in [0.4, 0.5) is 10.1 Å². The largest absolute Gasteiger partial charge is 0.368 e. The number of primary amides is 1. The topological polar surface area (TPSA) is 92.7 Å². The highest BCUT2D eigenvalue weighted by Crippen LogP contribution is 2.24. The van der Waals surface area contributed by atoms with Crippen molar-refractivity contribution in [1.82, 2.24) is 4.68 Å². The third-order valence-electron chi connectivity index (χ3n) is 3.43. The fourth-order valence-electron chi connectivity index (χ4n) is 2.29. The highest BCUT2D eigenvalue weighted by Gasteiger charge is 2.35. The van der Waals surface area contributed by atoms with E-state index in [9.17, 15) is 14.0 Å². The molecule has 0 spiro atoms. The number of carbonyl (C=O) groups excluding carboxylic acids is 2. The Kier molecular flexibility index (Phi) is 3.80. The number of benzene rings is 1. The Labute approximate surface area is 131 Å². The van der Waals surface area contributed by atoms with Crippen LogP contribution in [-0.2, 0) is 9.59 Å². The number of anilines is 1. The molecule has 1 unspecified atom stereocenters. The quantitative estimate of drug-likeness (QED) is 0.874. The molecule has 0 radical (unpaired) electrons. The Hall–Kier alpha value is -3.16. The number of hydrogen-bond acceptors (Lipinski definition) is 4. The van der Waals surface area contributed by atoms with Crippen molar-refractivity contribution in [2.75, 3.05) is 10.4 Å². The molecule has 1 atom stereocenters. The summed E-state index contributed by atoms with van der Waals surface area (Å²) in [5.41, 5.74) is 8.66. The highest BCUT2D eigenvalue weighted by atomic mass is 19.1. The number of nitrogens with one attached hydrogen (secondary N) is 1. The maximum atomic E-state index is 13.0. The van der Waals surface area contributed by atoms with Gasteiger partial charge in [0.05, 0.1) is 5.69 Å². The van der Waals surface area contributed by atoms with Gasteiger partial charge in [0.1, 0.15) is 17.6 Å². The predicted octanol–water partition coefficient (Wildman–Crippen LogP) is 0.818. The first-order chi connectivity index (χ1) is 11.0. The van der Waals surface area contributed by atoms with Gasteiger partial charge in [0.25, 0.3) is 5.91 Å². The van der Waals surface area contributed by atoms with Crippen molar-refractivity contribution in [1.29, 1.82) is 0 Å². The molecule has 2 heterocycles. The monoisotopic (exact) mass is 315 g/mol. The fourth-order valence-corrected chi connectivity index (χ4v) is 2.29. The second-order valence-corrected chi connectivity index (χ2v) is 5.02. The molecular weight excluding hydrogens is 301 g/mol. The molecule has 1 aliphatic rings. The number of hydrazone groups is 1. The number of aromatic nitrogens is 1. The van der Waals surface area contributed by atoms with Gasteiger partial charge in [-0.3, -0.25) is 24.7 Å². The molecule has 3 N–H and O–H groups in total. The molecule has 0 saturated heterocycles. The average Bonchev–Trinajstić information content (AvgIpc) is 3.17. The lowest BCUT2D eigenvalue weighted by Gasteiger charge is -2.20. The van der Waals surface area contributed by atoms with Crippen LogP contribution in [-0.4, -0.2) is 28.2 Å². The van der Waals surface area contributed by atoms with E-state index in [4.69, 9.17) is 5.73 Å². The minimum atomic E-state index is -0.786. The zero-order chi connectivity index (χ0) is 16.4. The van der Waals surface area contributed by atoms with Gasteiger partial charge in [0.15, 0.2) is 0 Å². The summed E-state index contributed by atoms with van der Waals surface area (Å²) in [7, 11) is 0. The van der Waals surface area contributed by atoms with Crippen molar-refractivity contribution in [2.24, 2.45) is 10.8 Å². The van der Waals surface area contributed by atoms with Gasteiger partial charge in [-0.1, -0.05) is 0 Å². The highest BCUT2D eigenvalue weighted by molar-refractivity contribution is 6.43. The van der Waals surface area contributed by atoms with Crippen molar-refractivity contribution in [3.8, 4) is 0 Å². The predicted molar refractivity (Wildman–Crippen MR) is 82.7 cm³/mol. The fraction of sp³-hybridized carbons (Fsp3) is 0.133. The molecule has 2 aromatic rings. The molecular formula is C15H14FN5O2. The Bertz CT molecular complexity index is 755. The SMILES string of the molecule is NC(=O)C1CC(C(=O)Nn2cccc2)=NN1c1ccc(F)cc1. The van der Waals surface area contributed by atoms with Gasteiger partial charge in [-0.15, -0.1) is 0 Å². The first-order valence-corrected chi connectivity index (χ1v) is 6.90. The van der Waals surface area contributed by atoms with E-state index in [-0.39, 0.29) is 12.1 Å². The Morgan fingerprint density at radius 3 is 2.48 bits per heavy atom. The summed E-state index contributed by atoms with van der Waals surface area (Å²) in [6.07, 6.45) is 3.41. The average molecular weight is 315 g/mol. The van der Waals surface area contributed by atoms with Crippen molar-refractivity contribution < 1.29 is 14.0 Å². The number of hydrogen-bond donors (Lipinski definition) is 2. The smallest absolute Gasteiger partial charge is 0.286 e. The van der Waals surface area contributed by atoms with E-state index in [1.807, 2.05) is 0 Å². The molecule has 0 aliphatic carbocycles. The molecule has 0 bridgehead atoms. The molecule has 1 aromatic carbocycles. The van der Waals surface area contributed by atoms with Gasteiger partial charge in [-0.05, 0) is 36.4 Å². The van der Waals surface area contributed by atoms with Crippen LogP contribution < -0.4 is 16.2 Å². The Balaban J connectivity index is 1.84. The maximum Gasteiger partial charge on any atom is 0.286 e. The van der Waals surface area contributed by atoms with Crippen LogP contribution in [0.25, 0.3) is 0 Å². The Morgan fingerprint density at radius 1 is 1.22 bits per heavy atom. The van der Waals surface area contributed by atoms with Gasteiger partial charge in [-0.2, -0.15) is 5.10 Å². The Morgan fingerprint density at radius 2 is 1.87 bits per heavy atom. The molecule has 23 heavy (non-hydrogen) atoms. The molecule has 0 saturated carbocycles. The van der Waals surface area contributed by atoms with Crippen LogP contribution in [0.5, 0.6) is 0 Å². The first kappa shape index (κ1) is 14.8. The van der Waals surface area contributed by atoms with Gasteiger partial charge >= 0.3 is 0 Å². The van der Waals surface area contributed by atoms with Crippen LogP contribution in [0.1, 0.15) is 6.42 Å². The van der Waals surface area contributed by atoms with Crippen LogP contribution in [0.3, 0.4) is 0 Å². The summed E-state index contributed by atoms with van der Waals surface area (Å²) >= 11 is 0. The summed E-state index contributed by atoms with van der Waals surface area (Å²) < 4.78 is 14.5. The lowest BCUT2D eigenvalue weighted by atomic mass is 10.1. The summed E-state index contributed by atoms with van der Waals surface area (Å²) in [5.74, 6) is -1.45. The van der Waals surface area contributed by atoms with Crippen molar-refractivity contribution in [3.63, 3.8) is 0 Å². The third kappa shape index (κ3) is 3.05. The van der Waals surface area contributed by atoms with Crippen LogP contribution in [0, 0.1) is 5.82 Å². The standard InChI is InChI=1S/C15H14FN5O2/c16-10-3-5-11(6-4-10)21-13(14(17)22)9-12(18-21)15(23)19-20-7-1-2-8-20/h1-8,13H,9H2,(H2,17,22)(H,19,23). The van der Waals surface area contributed by atoms with E-state index in [2.05, 4.69) is 10.5 Å². The summed E-state index contributed by atoms with van der Waals surface area (Å²) in [4.78, 5) is 23.8. The zero-order valence-corrected chi connectivity index (χ0v) is 12.0. The van der Waals surface area contributed by atoms with E-state index < -0.39 is 23.7 Å². The van der Waals surface area contributed by atoms with Crippen LogP contribution >= 0.6 is 0 Å². The minimum Gasteiger partial charge on any atom is -0.368 e. The van der Waals surface area contributed by atoms with Crippen molar-refractivity contribution in [3.05, 3.63) is 54.6 Å². The van der Waals surface area contributed by atoms with E-state index in [1.54, 1.807) is 24.5 Å². The molecule has 118 valence electrons. The molecule has 8 heteroatoms. The number of nitrogens with zero attached hydrogens (tertiary/aromatic N) is 3. The molecule has 1 aliphatic heterocycles. The number of carbonyl (C=O) groups is 2. The summed E-state index contributed by atoms with van der Waals surface area (Å²) in [6, 6.07) is 8.18. The van der Waals surface area contributed by atoms with E-state index in [1.165, 1.54) is 34.0 Å². The van der Waals surface area contributed by atoms with E-state index in [0.717, 1.165) is 0 Å². The second-order valence-electron chi connectivity index (χ2n) is 5.02.